The van der Waals surface area contributed by atoms with Gasteiger partial charge >= 0.3 is 0 Å². The van der Waals surface area contributed by atoms with Crippen LogP contribution in [0.15, 0.2) is 16.9 Å². The van der Waals surface area contributed by atoms with Gasteiger partial charge in [0.1, 0.15) is 0 Å². The summed E-state index contributed by atoms with van der Waals surface area (Å²) in [5, 5.41) is 9.92. The summed E-state index contributed by atoms with van der Waals surface area (Å²) in [4.78, 5) is 0. The molecule has 0 spiro atoms. The lowest BCUT2D eigenvalue weighted by Crippen LogP contribution is -2.25. The molecule has 0 amide bonds. The molecule has 12 heavy (non-hydrogen) atoms. The van der Waals surface area contributed by atoms with Crippen LogP contribution in [-0.4, -0.2) is 11.7 Å². The van der Waals surface area contributed by atoms with E-state index < -0.39 is 5.60 Å². The zero-order chi connectivity index (χ0) is 9.19. The molecule has 0 radical (unpaired) electrons. The second-order valence-electron chi connectivity index (χ2n) is 3.28. The number of hydrogen-bond acceptors (Lipinski definition) is 3. The second kappa shape index (κ2) is 3.29. The van der Waals surface area contributed by atoms with Gasteiger partial charge in [0.2, 0.25) is 0 Å². The Labute approximate surface area is 72.2 Å². The molecule has 1 unspecified atom stereocenters. The van der Waals surface area contributed by atoms with Gasteiger partial charge in [-0.25, -0.2) is 0 Å². The van der Waals surface area contributed by atoms with E-state index in [0.29, 0.717) is 13.0 Å². The number of nitrogens with two attached hydrogens (primary N) is 1. The van der Waals surface area contributed by atoms with Crippen LogP contribution in [0.2, 0.25) is 0 Å². The quantitative estimate of drug-likeness (QED) is 0.713. The molecule has 3 N–H and O–H groups in total. The molecule has 1 heterocycles. The van der Waals surface area contributed by atoms with Crippen molar-refractivity contribution in [3.63, 3.8) is 0 Å². The molecular formula is C9H15NO2. The predicted octanol–water partition coefficient (Wildman–Crippen LogP) is 1.14. The molecule has 1 atom stereocenters. The molecular weight excluding hydrogens is 154 g/mol. The van der Waals surface area contributed by atoms with Gasteiger partial charge in [-0.1, -0.05) is 0 Å². The minimum absolute atomic E-state index is 0.470. The topological polar surface area (TPSA) is 59.4 Å². The first-order valence-corrected chi connectivity index (χ1v) is 4.03. The number of aryl methyl sites for hydroxylation is 1. The largest absolute Gasteiger partial charge is 0.472 e. The average molecular weight is 169 g/mol. The molecule has 1 rings (SSSR count). The monoisotopic (exact) mass is 169 g/mol. The van der Waals surface area contributed by atoms with Crippen LogP contribution in [0.3, 0.4) is 0 Å². The highest BCUT2D eigenvalue weighted by Crippen LogP contribution is 2.27. The average Bonchev–Trinajstić information content (AvgIpc) is 2.35. The molecule has 0 aliphatic carbocycles. The zero-order valence-corrected chi connectivity index (χ0v) is 7.50. The Morgan fingerprint density at radius 3 is 2.67 bits per heavy atom. The lowest BCUT2D eigenvalue weighted by atomic mass is 9.92. The van der Waals surface area contributed by atoms with Crippen molar-refractivity contribution in [2.24, 2.45) is 5.73 Å². The van der Waals surface area contributed by atoms with Crippen molar-refractivity contribution in [3.8, 4) is 0 Å². The molecule has 0 aliphatic rings. The summed E-state index contributed by atoms with van der Waals surface area (Å²) < 4.78 is 4.98. The highest BCUT2D eigenvalue weighted by atomic mass is 16.3. The molecule has 0 aromatic carbocycles. The van der Waals surface area contributed by atoms with Crippen LogP contribution in [-0.2, 0) is 5.60 Å². The maximum atomic E-state index is 9.92. The predicted molar refractivity (Wildman–Crippen MR) is 46.7 cm³/mol. The van der Waals surface area contributed by atoms with Gasteiger partial charge in [0.25, 0.3) is 0 Å². The van der Waals surface area contributed by atoms with Crippen LogP contribution in [0.4, 0.5) is 0 Å². The van der Waals surface area contributed by atoms with Gasteiger partial charge in [-0.2, -0.15) is 0 Å². The van der Waals surface area contributed by atoms with Gasteiger partial charge in [0.15, 0.2) is 0 Å². The van der Waals surface area contributed by atoms with Crippen molar-refractivity contribution in [2.75, 3.05) is 6.54 Å². The summed E-state index contributed by atoms with van der Waals surface area (Å²) in [5.41, 5.74) is 6.32. The Bertz CT molecular complexity index is 253. The lowest BCUT2D eigenvalue weighted by Gasteiger charge is -2.21. The van der Waals surface area contributed by atoms with E-state index in [0.717, 1.165) is 11.1 Å². The van der Waals surface area contributed by atoms with E-state index in [2.05, 4.69) is 0 Å². The zero-order valence-electron chi connectivity index (χ0n) is 7.50. The summed E-state index contributed by atoms with van der Waals surface area (Å²) >= 11 is 0. The van der Waals surface area contributed by atoms with Gasteiger partial charge < -0.3 is 15.3 Å². The third-order valence-corrected chi connectivity index (χ3v) is 2.07. The smallest absolute Gasteiger partial charge is 0.0966 e. The Kier molecular flexibility index (Phi) is 2.55. The minimum atomic E-state index is -0.855. The SMILES string of the molecule is Cc1cocc1C(C)(O)CCN. The van der Waals surface area contributed by atoms with Crippen LogP contribution in [0.5, 0.6) is 0 Å². The first kappa shape index (κ1) is 9.29. The van der Waals surface area contributed by atoms with Crippen molar-refractivity contribution in [1.29, 1.82) is 0 Å². The minimum Gasteiger partial charge on any atom is -0.472 e. The van der Waals surface area contributed by atoms with Crippen molar-refractivity contribution in [3.05, 3.63) is 23.7 Å². The first-order chi connectivity index (χ1) is 5.58. The van der Waals surface area contributed by atoms with Gasteiger partial charge in [0.05, 0.1) is 18.1 Å². The number of furan rings is 1. The summed E-state index contributed by atoms with van der Waals surface area (Å²) in [6.45, 7) is 4.12. The second-order valence-corrected chi connectivity index (χ2v) is 3.28. The Hall–Kier alpha value is -0.800. The molecule has 0 fully saturated rings. The van der Waals surface area contributed by atoms with E-state index >= 15 is 0 Å². The molecule has 0 aliphatic heterocycles. The maximum Gasteiger partial charge on any atom is 0.0966 e. The molecule has 1 aromatic heterocycles. The highest BCUT2D eigenvalue weighted by Gasteiger charge is 2.25. The Morgan fingerprint density at radius 2 is 2.25 bits per heavy atom. The van der Waals surface area contributed by atoms with Crippen molar-refractivity contribution < 1.29 is 9.52 Å². The number of aliphatic hydroxyl groups is 1. The van der Waals surface area contributed by atoms with Crippen LogP contribution in [0.25, 0.3) is 0 Å². The molecule has 68 valence electrons. The number of hydrogen-bond donors (Lipinski definition) is 2. The Balaban J connectivity index is 2.88. The van der Waals surface area contributed by atoms with Crippen LogP contribution < -0.4 is 5.73 Å². The van der Waals surface area contributed by atoms with Gasteiger partial charge in [-0.15, -0.1) is 0 Å². The standard InChI is InChI=1S/C9H15NO2/c1-7-5-12-6-8(7)9(2,11)3-4-10/h5-6,11H,3-4,10H2,1-2H3. The van der Waals surface area contributed by atoms with Gasteiger partial charge in [-0.3, -0.25) is 0 Å². The van der Waals surface area contributed by atoms with Gasteiger partial charge in [-0.05, 0) is 32.4 Å². The van der Waals surface area contributed by atoms with E-state index in [-0.39, 0.29) is 0 Å². The first-order valence-electron chi connectivity index (χ1n) is 4.03. The molecule has 0 saturated carbocycles. The van der Waals surface area contributed by atoms with E-state index in [1.54, 1.807) is 19.5 Å². The molecule has 0 bridgehead atoms. The molecule has 1 aromatic rings. The fourth-order valence-electron chi connectivity index (χ4n) is 1.33. The highest BCUT2D eigenvalue weighted by molar-refractivity contribution is 5.25. The molecule has 0 saturated heterocycles. The van der Waals surface area contributed by atoms with Crippen molar-refractivity contribution >= 4 is 0 Å². The maximum absolute atomic E-state index is 9.92. The van der Waals surface area contributed by atoms with E-state index in [1.165, 1.54) is 0 Å². The number of rotatable bonds is 3. The van der Waals surface area contributed by atoms with Gasteiger partial charge in [0, 0.05) is 5.56 Å². The van der Waals surface area contributed by atoms with Crippen molar-refractivity contribution in [1.82, 2.24) is 0 Å². The third kappa shape index (κ3) is 1.68. The Morgan fingerprint density at radius 1 is 1.58 bits per heavy atom. The summed E-state index contributed by atoms with van der Waals surface area (Å²) in [6, 6.07) is 0. The summed E-state index contributed by atoms with van der Waals surface area (Å²) in [7, 11) is 0. The van der Waals surface area contributed by atoms with E-state index in [1.807, 2.05) is 6.92 Å². The fourth-order valence-corrected chi connectivity index (χ4v) is 1.33. The normalized spacial score (nSPS) is 16.0. The summed E-state index contributed by atoms with van der Waals surface area (Å²) in [5.74, 6) is 0. The van der Waals surface area contributed by atoms with E-state index in [9.17, 15) is 5.11 Å². The van der Waals surface area contributed by atoms with Crippen LogP contribution in [0, 0.1) is 6.92 Å². The fraction of sp³-hybridized carbons (Fsp3) is 0.556. The van der Waals surface area contributed by atoms with Crippen molar-refractivity contribution in [2.45, 2.75) is 25.9 Å². The molecule has 3 nitrogen and oxygen atoms in total. The van der Waals surface area contributed by atoms with Crippen LogP contribution >= 0.6 is 0 Å². The third-order valence-electron chi connectivity index (χ3n) is 2.07. The van der Waals surface area contributed by atoms with E-state index in [4.69, 9.17) is 10.2 Å². The lowest BCUT2D eigenvalue weighted by molar-refractivity contribution is 0.0493. The van der Waals surface area contributed by atoms with Crippen LogP contribution in [0.1, 0.15) is 24.5 Å². The molecule has 3 heteroatoms. The summed E-state index contributed by atoms with van der Waals surface area (Å²) in [6.07, 6.45) is 3.75.